The van der Waals surface area contributed by atoms with Crippen molar-refractivity contribution in [1.29, 1.82) is 0 Å². The number of carbonyl (C=O) groups is 1. The van der Waals surface area contributed by atoms with Gasteiger partial charge in [-0.05, 0) is 61.4 Å². The van der Waals surface area contributed by atoms with Crippen molar-refractivity contribution in [1.82, 2.24) is 34.7 Å². The molecule has 0 unspecified atom stereocenters. The van der Waals surface area contributed by atoms with E-state index in [4.69, 9.17) is 0 Å². The average molecular weight is 450 g/mol. The highest BCUT2D eigenvalue weighted by molar-refractivity contribution is 6.12. The lowest BCUT2D eigenvalue weighted by Crippen LogP contribution is -2.32. The Kier molecular flexibility index (Phi) is 4.84. The third kappa shape index (κ3) is 3.58. The number of H-pyrrole nitrogens is 1. The number of hydrogen-bond acceptors (Lipinski definition) is 7. The van der Waals surface area contributed by atoms with Gasteiger partial charge in [-0.1, -0.05) is 0 Å². The second-order valence-electron chi connectivity index (χ2n) is 7.83. The zero-order chi connectivity index (χ0) is 23.3. The van der Waals surface area contributed by atoms with E-state index in [-0.39, 0.29) is 34.7 Å². The molecule has 12 heteroatoms. The van der Waals surface area contributed by atoms with Gasteiger partial charge in [-0.15, -0.1) is 5.10 Å². The van der Waals surface area contributed by atoms with Gasteiger partial charge in [0.05, 0.1) is 22.3 Å². The molecule has 0 aliphatic heterocycles. The van der Waals surface area contributed by atoms with Gasteiger partial charge in [-0.25, -0.2) is 14.2 Å². The first kappa shape index (κ1) is 20.7. The van der Waals surface area contributed by atoms with Crippen LogP contribution in [0.4, 0.5) is 10.1 Å². The molecular formula is C21H19FN8O3. The van der Waals surface area contributed by atoms with Crippen molar-refractivity contribution in [2.45, 2.75) is 39.2 Å². The van der Waals surface area contributed by atoms with Crippen molar-refractivity contribution >= 4 is 22.6 Å². The molecule has 1 amide bonds. The van der Waals surface area contributed by atoms with Gasteiger partial charge in [0.15, 0.2) is 11.5 Å². The molecule has 0 bridgehead atoms. The normalized spacial score (nSPS) is 13.4. The van der Waals surface area contributed by atoms with Crippen LogP contribution < -0.4 is 16.6 Å². The highest BCUT2D eigenvalue weighted by atomic mass is 19.1. The number of pyridine rings is 1. The van der Waals surface area contributed by atoms with Crippen LogP contribution in [0.2, 0.25) is 0 Å². The number of tetrazole rings is 1. The van der Waals surface area contributed by atoms with E-state index in [2.05, 4.69) is 30.8 Å². The van der Waals surface area contributed by atoms with E-state index in [9.17, 15) is 18.8 Å². The smallest absolute Gasteiger partial charge is 0.319 e. The lowest BCUT2D eigenvalue weighted by atomic mass is 10.1. The van der Waals surface area contributed by atoms with Crippen molar-refractivity contribution in [3.8, 4) is 5.69 Å². The van der Waals surface area contributed by atoms with Crippen LogP contribution in [0.15, 0.2) is 33.9 Å². The Bertz CT molecular complexity index is 1530. The molecule has 1 aromatic carbocycles. The number of carbonyl (C=O) groups excluding carboxylic acids is 1. The molecule has 3 aromatic heterocycles. The van der Waals surface area contributed by atoms with Crippen LogP contribution in [0.25, 0.3) is 16.7 Å². The lowest BCUT2D eigenvalue weighted by Gasteiger charge is -2.13. The summed E-state index contributed by atoms with van der Waals surface area (Å²) < 4.78 is 17.3. The summed E-state index contributed by atoms with van der Waals surface area (Å²) >= 11 is 0. The van der Waals surface area contributed by atoms with Crippen molar-refractivity contribution < 1.29 is 9.18 Å². The Balaban J connectivity index is 1.63. The first-order valence-corrected chi connectivity index (χ1v) is 10.4. The van der Waals surface area contributed by atoms with Gasteiger partial charge >= 0.3 is 5.69 Å². The summed E-state index contributed by atoms with van der Waals surface area (Å²) in [5.74, 6) is -0.723. The molecule has 3 heterocycles. The van der Waals surface area contributed by atoms with Gasteiger partial charge in [0, 0.05) is 18.2 Å². The largest absolute Gasteiger partial charge is 0.329 e. The third-order valence-electron chi connectivity index (χ3n) is 5.59. The molecule has 5 rings (SSSR count). The second kappa shape index (κ2) is 7.73. The first-order valence-electron chi connectivity index (χ1n) is 10.4. The Morgan fingerprint density at radius 2 is 2.06 bits per heavy atom. The van der Waals surface area contributed by atoms with Crippen LogP contribution in [0.1, 0.15) is 47.6 Å². The molecule has 1 fully saturated rings. The van der Waals surface area contributed by atoms with Gasteiger partial charge < -0.3 is 5.32 Å². The summed E-state index contributed by atoms with van der Waals surface area (Å²) in [7, 11) is 0. The first-order chi connectivity index (χ1) is 15.9. The number of anilines is 1. The number of fused-ring (bicyclic) bond motifs is 1. The molecule has 33 heavy (non-hydrogen) atoms. The van der Waals surface area contributed by atoms with E-state index in [1.165, 1.54) is 27.4 Å². The average Bonchev–Trinajstić information content (AvgIpc) is 3.55. The zero-order valence-corrected chi connectivity index (χ0v) is 17.8. The number of aryl methyl sites for hydroxylation is 2. The molecule has 168 valence electrons. The lowest BCUT2D eigenvalue weighted by molar-refractivity contribution is 0.102. The number of aromatic nitrogens is 7. The molecule has 11 nitrogen and oxygen atoms in total. The number of amides is 1. The minimum absolute atomic E-state index is 0.0220. The van der Waals surface area contributed by atoms with E-state index in [1.54, 1.807) is 19.9 Å². The van der Waals surface area contributed by atoms with Crippen LogP contribution in [0, 0.1) is 12.7 Å². The minimum Gasteiger partial charge on any atom is -0.319 e. The molecule has 0 saturated heterocycles. The predicted molar refractivity (Wildman–Crippen MR) is 116 cm³/mol. The molecular weight excluding hydrogens is 431 g/mol. The standard InChI is InChI=1S/C21H19FN8O3/c1-3-29-18-17(20(32)25-21(29)33)13(9-15(23-18)11-4-5-11)19(31)24-16-8-12(6-7-14(16)22)30-10(2)26-27-28-30/h6-9,11H,3-5H2,1-2H3,(H,24,31)(H,25,32,33). The fourth-order valence-corrected chi connectivity index (χ4v) is 3.75. The number of nitrogens with one attached hydrogen (secondary N) is 2. The Morgan fingerprint density at radius 3 is 2.73 bits per heavy atom. The van der Waals surface area contributed by atoms with Crippen molar-refractivity contribution in [2.75, 3.05) is 5.32 Å². The number of rotatable bonds is 5. The maximum atomic E-state index is 14.6. The van der Waals surface area contributed by atoms with Gasteiger partial charge in [-0.2, -0.15) is 4.68 Å². The third-order valence-corrected chi connectivity index (χ3v) is 5.59. The van der Waals surface area contributed by atoms with E-state index in [0.717, 1.165) is 12.8 Å². The van der Waals surface area contributed by atoms with Gasteiger partial charge in [0.25, 0.3) is 11.5 Å². The maximum absolute atomic E-state index is 14.6. The number of halogens is 1. The SMILES string of the molecule is CCn1c(=O)[nH]c(=O)c2c(C(=O)Nc3cc(-n4nnnc4C)ccc3F)cc(C3CC3)nc21. The topological polar surface area (TPSA) is 140 Å². The Morgan fingerprint density at radius 1 is 1.27 bits per heavy atom. The fraction of sp³-hybridized carbons (Fsp3) is 0.286. The van der Waals surface area contributed by atoms with Crippen LogP contribution in [-0.2, 0) is 6.54 Å². The molecule has 1 saturated carbocycles. The summed E-state index contributed by atoms with van der Waals surface area (Å²) in [5, 5.41) is 13.7. The number of hydrogen-bond donors (Lipinski definition) is 2. The monoisotopic (exact) mass is 450 g/mol. The highest BCUT2D eigenvalue weighted by Gasteiger charge is 2.29. The molecule has 1 aliphatic carbocycles. The number of nitrogens with zero attached hydrogens (tertiary/aromatic N) is 6. The second-order valence-corrected chi connectivity index (χ2v) is 7.83. The number of aromatic amines is 1. The molecule has 4 aromatic rings. The molecule has 0 atom stereocenters. The molecule has 0 spiro atoms. The summed E-state index contributed by atoms with van der Waals surface area (Å²) in [6.45, 7) is 3.69. The van der Waals surface area contributed by atoms with Crippen molar-refractivity contribution in [3.05, 3.63) is 68.0 Å². The van der Waals surface area contributed by atoms with Gasteiger partial charge in [0.2, 0.25) is 0 Å². The molecule has 0 radical (unpaired) electrons. The molecule has 2 N–H and O–H groups in total. The fourth-order valence-electron chi connectivity index (χ4n) is 3.75. The van der Waals surface area contributed by atoms with Crippen LogP contribution in [-0.4, -0.2) is 40.6 Å². The Hall–Kier alpha value is -4.22. The van der Waals surface area contributed by atoms with E-state index in [1.807, 2.05) is 0 Å². The summed E-state index contributed by atoms with van der Waals surface area (Å²) in [6, 6.07) is 5.61. The predicted octanol–water partition coefficient (Wildman–Crippen LogP) is 1.66. The van der Waals surface area contributed by atoms with Crippen molar-refractivity contribution in [3.63, 3.8) is 0 Å². The summed E-state index contributed by atoms with van der Waals surface area (Å²) in [5.41, 5.74) is -0.197. The zero-order valence-electron chi connectivity index (χ0n) is 17.8. The minimum atomic E-state index is -0.724. The quantitative estimate of drug-likeness (QED) is 0.471. The maximum Gasteiger partial charge on any atom is 0.329 e. The van der Waals surface area contributed by atoms with Crippen LogP contribution in [0.3, 0.4) is 0 Å². The molecule has 1 aliphatic rings. The Labute approximate surface area is 185 Å². The summed E-state index contributed by atoms with van der Waals surface area (Å²) in [6.07, 6.45) is 1.81. The van der Waals surface area contributed by atoms with E-state index < -0.39 is 23.0 Å². The van der Waals surface area contributed by atoms with E-state index in [0.29, 0.717) is 17.2 Å². The van der Waals surface area contributed by atoms with Crippen LogP contribution in [0.5, 0.6) is 0 Å². The van der Waals surface area contributed by atoms with Gasteiger partial charge in [0.1, 0.15) is 5.82 Å². The van der Waals surface area contributed by atoms with Gasteiger partial charge in [-0.3, -0.25) is 19.1 Å². The highest BCUT2D eigenvalue weighted by Crippen LogP contribution is 2.40. The number of benzene rings is 1. The van der Waals surface area contributed by atoms with E-state index >= 15 is 0 Å². The van der Waals surface area contributed by atoms with Crippen molar-refractivity contribution in [2.24, 2.45) is 0 Å². The summed E-state index contributed by atoms with van der Waals surface area (Å²) in [4.78, 5) is 45.0. The van der Waals surface area contributed by atoms with Crippen LogP contribution >= 0.6 is 0 Å².